The number of benzene rings is 2. The van der Waals surface area contributed by atoms with Gasteiger partial charge in [-0.2, -0.15) is 0 Å². The molecule has 1 aromatic heterocycles. The molecular weight excluding hydrogens is 390 g/mol. The third kappa shape index (κ3) is 3.92. The van der Waals surface area contributed by atoms with Crippen LogP contribution in [0.2, 0.25) is 0 Å². The van der Waals surface area contributed by atoms with Crippen molar-refractivity contribution in [1.29, 1.82) is 0 Å². The van der Waals surface area contributed by atoms with Crippen LogP contribution in [0.5, 0.6) is 5.75 Å². The molecule has 0 spiro atoms. The lowest BCUT2D eigenvalue weighted by Crippen LogP contribution is -2.32. The van der Waals surface area contributed by atoms with Gasteiger partial charge in [-0.3, -0.25) is 19.5 Å². The Balaban J connectivity index is 1.79. The molecule has 3 aromatic rings. The summed E-state index contributed by atoms with van der Waals surface area (Å²) in [5.41, 5.74) is 4.92. The highest BCUT2D eigenvalue weighted by Gasteiger charge is 2.39. The fourth-order valence-corrected chi connectivity index (χ4v) is 3.55. The van der Waals surface area contributed by atoms with E-state index in [0.29, 0.717) is 22.6 Å². The Morgan fingerprint density at radius 2 is 1.68 bits per heavy atom. The van der Waals surface area contributed by atoms with Crippen molar-refractivity contribution in [2.75, 3.05) is 12.4 Å². The molecular formula is C25H23N3O3. The highest BCUT2D eigenvalue weighted by atomic mass is 16.5. The monoisotopic (exact) mass is 413 g/mol. The molecule has 6 heteroatoms. The number of rotatable bonds is 6. The summed E-state index contributed by atoms with van der Waals surface area (Å²) in [6, 6.07) is 16.7. The fraction of sp³-hybridized carbons (Fsp3) is 0.160. The number of pyridine rings is 1. The van der Waals surface area contributed by atoms with Gasteiger partial charge >= 0.3 is 0 Å². The average Bonchev–Trinajstić information content (AvgIpc) is 3.01. The summed E-state index contributed by atoms with van der Waals surface area (Å²) in [6.07, 6.45) is 3.29. The smallest absolute Gasteiger partial charge is 0.278 e. The molecule has 1 aliphatic rings. The first-order valence-corrected chi connectivity index (χ1v) is 9.96. The molecule has 4 rings (SSSR count). The van der Waals surface area contributed by atoms with Crippen molar-refractivity contribution in [3.63, 3.8) is 0 Å². The van der Waals surface area contributed by atoms with Crippen LogP contribution in [0.25, 0.3) is 5.57 Å². The number of methoxy groups -OCH3 is 1. The Kier molecular flexibility index (Phi) is 5.54. The van der Waals surface area contributed by atoms with E-state index in [4.69, 9.17) is 4.74 Å². The highest BCUT2D eigenvalue weighted by molar-refractivity contribution is 6.36. The molecule has 2 aromatic carbocycles. The second kappa shape index (κ2) is 8.44. The second-order valence-electron chi connectivity index (χ2n) is 7.43. The van der Waals surface area contributed by atoms with E-state index in [2.05, 4.69) is 10.3 Å². The Morgan fingerprint density at radius 3 is 2.39 bits per heavy atom. The minimum absolute atomic E-state index is 0.172. The van der Waals surface area contributed by atoms with E-state index < -0.39 is 0 Å². The van der Waals surface area contributed by atoms with Gasteiger partial charge in [0, 0.05) is 12.4 Å². The van der Waals surface area contributed by atoms with E-state index in [1.807, 2.05) is 50.2 Å². The van der Waals surface area contributed by atoms with Crippen molar-refractivity contribution in [1.82, 2.24) is 9.88 Å². The standard InChI is InChI=1S/C25H23N3O3/c1-16-8-9-19(14-17(16)2)22-23(27-20-6-4-5-7-21(20)31-3)25(30)28(24(22)29)15-18-10-12-26-13-11-18/h4-14,27H,15H2,1-3H3. The Morgan fingerprint density at radius 1 is 0.935 bits per heavy atom. The molecule has 0 radical (unpaired) electrons. The number of nitrogens with one attached hydrogen (secondary N) is 1. The molecule has 0 unspecified atom stereocenters. The van der Waals surface area contributed by atoms with Crippen LogP contribution in [0.3, 0.4) is 0 Å². The number of anilines is 1. The molecule has 0 atom stereocenters. The Hall–Kier alpha value is -3.93. The lowest BCUT2D eigenvalue weighted by Gasteiger charge is -2.16. The molecule has 0 fully saturated rings. The van der Waals surface area contributed by atoms with E-state index in [9.17, 15) is 9.59 Å². The first-order valence-electron chi connectivity index (χ1n) is 9.96. The summed E-state index contributed by atoms with van der Waals surface area (Å²) in [5.74, 6) is -0.120. The first kappa shape index (κ1) is 20.3. The zero-order valence-electron chi connectivity index (χ0n) is 17.7. The zero-order valence-corrected chi connectivity index (χ0v) is 17.7. The average molecular weight is 413 g/mol. The number of amides is 2. The van der Waals surface area contributed by atoms with Crippen LogP contribution in [0.15, 0.2) is 72.7 Å². The summed E-state index contributed by atoms with van der Waals surface area (Å²) >= 11 is 0. The number of aryl methyl sites for hydroxylation is 2. The van der Waals surface area contributed by atoms with Gasteiger partial charge in [-0.1, -0.05) is 30.3 Å². The van der Waals surface area contributed by atoms with Crippen molar-refractivity contribution in [2.24, 2.45) is 0 Å². The second-order valence-corrected chi connectivity index (χ2v) is 7.43. The van der Waals surface area contributed by atoms with Crippen LogP contribution in [0, 0.1) is 13.8 Å². The van der Waals surface area contributed by atoms with Gasteiger partial charge in [0.25, 0.3) is 11.8 Å². The first-order chi connectivity index (χ1) is 15.0. The fourth-order valence-electron chi connectivity index (χ4n) is 3.55. The van der Waals surface area contributed by atoms with Gasteiger partial charge in [0.1, 0.15) is 11.4 Å². The van der Waals surface area contributed by atoms with Gasteiger partial charge in [0.15, 0.2) is 0 Å². The summed E-state index contributed by atoms with van der Waals surface area (Å²) in [4.78, 5) is 32.1. The number of nitrogens with zero attached hydrogens (tertiary/aromatic N) is 2. The number of carbonyl (C=O) groups is 2. The van der Waals surface area contributed by atoms with Crippen molar-refractivity contribution >= 4 is 23.1 Å². The van der Waals surface area contributed by atoms with Gasteiger partial charge in [-0.15, -0.1) is 0 Å². The topological polar surface area (TPSA) is 71.5 Å². The Labute approximate surface area is 181 Å². The number of para-hydroxylation sites is 2. The van der Waals surface area contributed by atoms with Gasteiger partial charge in [0.05, 0.1) is 24.9 Å². The number of hydrogen-bond donors (Lipinski definition) is 1. The molecule has 31 heavy (non-hydrogen) atoms. The molecule has 2 amide bonds. The molecule has 0 saturated carbocycles. The lowest BCUT2D eigenvalue weighted by atomic mass is 9.99. The van der Waals surface area contributed by atoms with Gasteiger partial charge in [-0.25, -0.2) is 0 Å². The predicted octanol–water partition coefficient (Wildman–Crippen LogP) is 4.10. The van der Waals surface area contributed by atoms with Gasteiger partial charge in [-0.05, 0) is 60.4 Å². The third-order valence-electron chi connectivity index (χ3n) is 5.42. The van der Waals surface area contributed by atoms with Crippen LogP contribution in [-0.2, 0) is 16.1 Å². The quantitative estimate of drug-likeness (QED) is 0.616. The van der Waals surface area contributed by atoms with E-state index >= 15 is 0 Å². The Bertz CT molecular complexity index is 1190. The molecule has 0 saturated heterocycles. The van der Waals surface area contributed by atoms with E-state index in [1.165, 1.54) is 4.90 Å². The van der Waals surface area contributed by atoms with Crippen molar-refractivity contribution < 1.29 is 14.3 Å². The van der Waals surface area contributed by atoms with Crippen molar-refractivity contribution in [2.45, 2.75) is 20.4 Å². The minimum atomic E-state index is -0.374. The van der Waals surface area contributed by atoms with Crippen LogP contribution >= 0.6 is 0 Å². The number of hydrogen-bond acceptors (Lipinski definition) is 5. The lowest BCUT2D eigenvalue weighted by molar-refractivity contribution is -0.137. The maximum atomic E-state index is 13.4. The number of imide groups is 1. The van der Waals surface area contributed by atoms with Crippen LogP contribution in [0.4, 0.5) is 5.69 Å². The molecule has 6 nitrogen and oxygen atoms in total. The van der Waals surface area contributed by atoms with E-state index in [-0.39, 0.29) is 24.1 Å². The van der Waals surface area contributed by atoms with E-state index in [0.717, 1.165) is 16.7 Å². The zero-order chi connectivity index (χ0) is 22.0. The molecule has 1 N–H and O–H groups in total. The molecule has 0 bridgehead atoms. The minimum Gasteiger partial charge on any atom is -0.495 e. The number of aromatic nitrogens is 1. The van der Waals surface area contributed by atoms with Gasteiger partial charge in [0.2, 0.25) is 0 Å². The largest absolute Gasteiger partial charge is 0.495 e. The van der Waals surface area contributed by atoms with E-state index in [1.54, 1.807) is 37.7 Å². The molecule has 1 aliphatic heterocycles. The van der Waals surface area contributed by atoms with Crippen LogP contribution in [0.1, 0.15) is 22.3 Å². The van der Waals surface area contributed by atoms with Gasteiger partial charge < -0.3 is 10.1 Å². The summed E-state index contributed by atoms with van der Waals surface area (Å²) in [6.45, 7) is 4.17. The van der Waals surface area contributed by atoms with Crippen molar-refractivity contribution in [3.05, 3.63) is 94.9 Å². The maximum absolute atomic E-state index is 13.4. The molecule has 0 aliphatic carbocycles. The van der Waals surface area contributed by atoms with Crippen LogP contribution < -0.4 is 10.1 Å². The SMILES string of the molecule is COc1ccccc1NC1=C(c2ccc(C)c(C)c2)C(=O)N(Cc2ccncc2)C1=O. The molecule has 156 valence electrons. The normalized spacial score (nSPS) is 13.7. The van der Waals surface area contributed by atoms with Crippen molar-refractivity contribution in [3.8, 4) is 5.75 Å². The highest BCUT2D eigenvalue weighted by Crippen LogP contribution is 2.34. The molecule has 2 heterocycles. The third-order valence-corrected chi connectivity index (χ3v) is 5.42. The summed E-state index contributed by atoms with van der Waals surface area (Å²) in [5, 5.41) is 3.17. The summed E-state index contributed by atoms with van der Waals surface area (Å²) < 4.78 is 5.41. The number of carbonyl (C=O) groups excluding carboxylic acids is 2. The van der Waals surface area contributed by atoms with Crippen LogP contribution in [-0.4, -0.2) is 28.8 Å². The maximum Gasteiger partial charge on any atom is 0.278 e. The predicted molar refractivity (Wildman–Crippen MR) is 119 cm³/mol. The number of ether oxygens (including phenoxy) is 1. The summed E-state index contributed by atoms with van der Waals surface area (Å²) in [7, 11) is 1.57.